The molecular formula is C41H48N7O23P3S2. The zero-order chi connectivity index (χ0) is 56.3. The molecule has 1 fully saturated rings. The molecule has 2 aliphatic heterocycles. The number of hydrogen-bond donors (Lipinski definition) is 11. The Morgan fingerprint density at radius 2 is 1.67 bits per heavy atom. The molecule has 3 aromatic rings. The zero-order valence-electron chi connectivity index (χ0n) is 39.7. The van der Waals surface area contributed by atoms with E-state index in [0.717, 1.165) is 6.20 Å². The van der Waals surface area contributed by atoms with Gasteiger partial charge in [-0.25, -0.2) is 31.9 Å². The van der Waals surface area contributed by atoms with Gasteiger partial charge in [-0.1, -0.05) is 30.0 Å². The third-order valence-corrected chi connectivity index (χ3v) is 16.5. The van der Waals surface area contributed by atoms with Crippen LogP contribution in [0, 0.1) is 11.8 Å². The molecular weight excluding hydrogens is 1120 g/mol. The van der Waals surface area contributed by atoms with Gasteiger partial charge in [-0.2, -0.15) is 22.0 Å². The molecule has 1 aromatic heterocycles. The molecule has 2 aromatic carbocycles. The fourth-order valence-corrected chi connectivity index (χ4v) is 12.4. The Morgan fingerprint density at radius 1 is 0.974 bits per heavy atom. The lowest BCUT2D eigenvalue weighted by atomic mass is 9.90. The van der Waals surface area contributed by atoms with E-state index in [2.05, 4.69) is 45.6 Å². The van der Waals surface area contributed by atoms with E-state index in [0.29, 0.717) is 4.57 Å². The minimum atomic E-state index is -5.88. The highest BCUT2D eigenvalue weighted by molar-refractivity contribution is 7.86. The molecule has 412 valence electrons. The first-order chi connectivity index (χ1) is 35.4. The predicted molar refractivity (Wildman–Crippen MR) is 260 cm³/mol. The number of aliphatic hydroxyl groups is 2. The number of phosphoric ester groups is 1. The summed E-state index contributed by atoms with van der Waals surface area (Å²) in [6.45, 7) is 2.17. The average Bonchev–Trinajstić information content (AvgIpc) is 3.58. The maximum absolute atomic E-state index is 14.3. The Labute approximate surface area is 430 Å². The number of amides is 2. The molecule has 6 atom stereocenters. The lowest BCUT2D eigenvalue weighted by Crippen LogP contribution is -2.76. The van der Waals surface area contributed by atoms with Gasteiger partial charge in [-0.05, 0) is 50.1 Å². The molecule has 35 heteroatoms. The summed E-state index contributed by atoms with van der Waals surface area (Å²) in [5.41, 5.74) is 4.15. The van der Waals surface area contributed by atoms with Crippen molar-refractivity contribution in [1.29, 1.82) is 0 Å². The summed E-state index contributed by atoms with van der Waals surface area (Å²) in [5.74, 6) is 3.12. The third kappa shape index (κ3) is 14.0. The number of nitrogens with one attached hydrogen (secondary N) is 3. The Bertz CT molecular complexity index is 3640. The number of hydrogen-bond acceptors (Lipinski definition) is 21. The second-order valence-corrected chi connectivity index (χ2v) is 23.3. The Morgan fingerprint density at radius 3 is 2.32 bits per heavy atom. The van der Waals surface area contributed by atoms with E-state index in [4.69, 9.17) is 24.7 Å². The van der Waals surface area contributed by atoms with Crippen molar-refractivity contribution in [2.45, 2.75) is 61.0 Å². The summed E-state index contributed by atoms with van der Waals surface area (Å²) >= 11 is 0. The van der Waals surface area contributed by atoms with E-state index >= 15 is 0 Å². The molecule has 30 nitrogen and oxygen atoms in total. The monoisotopic (exact) mass is 1160 g/mol. The van der Waals surface area contributed by atoms with Gasteiger partial charge in [0.25, 0.3) is 5.91 Å². The van der Waals surface area contributed by atoms with Crippen molar-refractivity contribution >= 4 is 78.0 Å². The molecule has 2 unspecified atom stereocenters. The molecule has 1 aliphatic carbocycles. The molecule has 2 amide bonds. The highest BCUT2D eigenvalue weighted by Crippen LogP contribution is 2.66. The Hall–Kier alpha value is -5.78. The molecule has 12 N–H and O–H groups in total. The highest BCUT2D eigenvalue weighted by Gasteiger charge is 2.47. The maximum Gasteiger partial charge on any atom is 0.490 e. The van der Waals surface area contributed by atoms with Gasteiger partial charge in [-0.3, -0.25) is 23.2 Å². The number of nitrogens with zero attached hydrogens (tertiary/aromatic N) is 3. The van der Waals surface area contributed by atoms with Crippen molar-refractivity contribution in [2.75, 3.05) is 50.9 Å². The third-order valence-electron chi connectivity index (χ3n) is 10.9. The number of anilines is 2. The zero-order valence-corrected chi connectivity index (χ0v) is 44.0. The highest BCUT2D eigenvalue weighted by atomic mass is 32.2. The molecule has 0 bridgehead atoms. The summed E-state index contributed by atoms with van der Waals surface area (Å²) in [6, 6.07) is 11.6. The van der Waals surface area contributed by atoms with Crippen LogP contribution in [0.3, 0.4) is 0 Å². The molecule has 0 spiro atoms. The number of carbonyl (C=O) groups excluding carboxylic acids is 2. The first kappa shape index (κ1) is 59.5. The lowest BCUT2D eigenvalue weighted by Gasteiger charge is -2.23. The largest absolute Gasteiger partial charge is 0.744 e. The van der Waals surface area contributed by atoms with Gasteiger partial charge in [-0.15, -0.1) is 0 Å². The molecule has 3 heterocycles. The van der Waals surface area contributed by atoms with Crippen LogP contribution in [0.2, 0.25) is 0 Å². The minimum Gasteiger partial charge on any atom is -0.744 e. The van der Waals surface area contributed by atoms with E-state index in [-0.39, 0.29) is 83.3 Å². The van der Waals surface area contributed by atoms with Gasteiger partial charge < -0.3 is 64.8 Å². The molecule has 6 rings (SSSR count). The summed E-state index contributed by atoms with van der Waals surface area (Å²) in [7, 11) is -26.3. The standard InChI is InChI=1S/C41H48N7O23P3S2/c1-4-43-27-16-14-25-31(26-15-17-28(44-5-2)37(76(64,65)66)35(26)69-34(25)36(27)75(61,62)63)23-11-6-7-12-24(23)39(52)47(3)19-9-13-30(49)45-18-8-10-22-20-48(41(53)46-38(22)42)40-33(51)32(50)29(68-40)21-67-73(57,58)71-74(59,60)70-72(54,55)56/h6-7,11-12,14-17,20,29,32-33,40,43,50-51H,4-5,9,13,18-19,21H2,1-3H3,(H,45,49)(H,57,58)(H,59,60)(H2,42,46,53)(H2,54,55,56)(H,61,62,63)(H,64,65,66)/t29-,32-,33-,40-/m1/s1. The summed E-state index contributed by atoms with van der Waals surface area (Å²) < 4.78 is 134. The number of carbonyl (C=O) groups is 2. The second-order valence-electron chi connectivity index (χ2n) is 16.2. The molecule has 0 saturated carbocycles. The van der Waals surface area contributed by atoms with Crippen molar-refractivity contribution in [3.8, 4) is 34.3 Å². The number of benzene rings is 3. The Kier molecular flexibility index (Phi) is 18.3. The van der Waals surface area contributed by atoms with Gasteiger partial charge in [0.1, 0.15) is 45.7 Å². The number of nitrogen functional groups attached to an aromatic ring is 1. The summed E-state index contributed by atoms with van der Waals surface area (Å²) in [6.07, 6.45) is -6.50. The SMILES string of the molecule is CCNc1ccc2c(-c3ccccc3C(=O)N(C)CCCC(=O)NCC#Cc3cn([C@@H]4O[C@H](COP(=O)(O)OP(=O)(O)OP(=O)(O)O)[C@@H](O)[C@H]4O)c(=O)nc3N)c3ccc(=[NH+]CC)c(S(=O)(=O)O)c-3oc2c1S(=O)(=O)[O-]. The van der Waals surface area contributed by atoms with E-state index in [9.17, 15) is 74.0 Å². The van der Waals surface area contributed by atoms with Crippen LogP contribution < -0.4 is 32.4 Å². The van der Waals surface area contributed by atoms with Crippen LogP contribution in [-0.2, 0) is 56.6 Å². The molecule has 0 radical (unpaired) electrons. The van der Waals surface area contributed by atoms with E-state index in [1.54, 1.807) is 26.0 Å². The predicted octanol–water partition coefficient (Wildman–Crippen LogP) is -1.09. The van der Waals surface area contributed by atoms with Gasteiger partial charge in [0.15, 0.2) is 17.6 Å². The quantitative estimate of drug-likeness (QED) is 0.0191. The molecule has 1 saturated heterocycles. The van der Waals surface area contributed by atoms with Crippen LogP contribution in [0.1, 0.15) is 48.8 Å². The van der Waals surface area contributed by atoms with Crippen molar-refractivity contribution in [3.05, 3.63) is 81.7 Å². The number of nitrogens with two attached hydrogens (primary N) is 1. The number of ether oxygens (including phenoxy) is 1. The number of phosphoric acid groups is 3. The van der Waals surface area contributed by atoms with Crippen LogP contribution in [0.25, 0.3) is 33.4 Å². The topological polar surface area (TPSA) is 471 Å². The average molecular weight is 1160 g/mol. The number of fused-ring (bicyclic) bond motifs is 2. The lowest BCUT2D eigenvalue weighted by molar-refractivity contribution is -0.498. The molecule has 76 heavy (non-hydrogen) atoms. The van der Waals surface area contributed by atoms with E-state index in [1.165, 1.54) is 48.3 Å². The minimum absolute atomic E-state index is 0.00200. The van der Waals surface area contributed by atoms with Gasteiger partial charge in [0.05, 0.1) is 24.4 Å². The van der Waals surface area contributed by atoms with Crippen molar-refractivity contribution < 1.29 is 106 Å². The number of aromatic nitrogens is 2. The van der Waals surface area contributed by atoms with Gasteiger partial charge in [0.2, 0.25) is 16.2 Å². The maximum atomic E-state index is 14.3. The van der Waals surface area contributed by atoms with Crippen LogP contribution in [-0.4, -0.2) is 140 Å². The van der Waals surface area contributed by atoms with E-state index in [1.807, 2.05) is 0 Å². The van der Waals surface area contributed by atoms with Crippen LogP contribution in [0.5, 0.6) is 0 Å². The first-order valence-electron chi connectivity index (χ1n) is 22.0. The van der Waals surface area contributed by atoms with Crippen molar-refractivity contribution in [3.63, 3.8) is 0 Å². The van der Waals surface area contributed by atoms with Crippen LogP contribution in [0.4, 0.5) is 11.5 Å². The smallest absolute Gasteiger partial charge is 0.490 e. The number of rotatable bonds is 20. The van der Waals surface area contributed by atoms with Crippen LogP contribution in [0.15, 0.2) is 73.7 Å². The van der Waals surface area contributed by atoms with Gasteiger partial charge in [0, 0.05) is 60.9 Å². The van der Waals surface area contributed by atoms with Crippen molar-refractivity contribution in [2.24, 2.45) is 0 Å². The fraction of sp³-hybridized carbons (Fsp3) is 0.341. The second kappa shape index (κ2) is 23.4. The van der Waals surface area contributed by atoms with Crippen LogP contribution >= 0.6 is 23.5 Å². The van der Waals surface area contributed by atoms with Crippen molar-refractivity contribution in [1.82, 2.24) is 19.8 Å². The van der Waals surface area contributed by atoms with E-state index < -0.39 is 119 Å². The van der Waals surface area contributed by atoms with Gasteiger partial charge >= 0.3 is 39.3 Å². The normalized spacial score (nSPS) is 18.9. The first-order valence-corrected chi connectivity index (χ1v) is 29.3. The summed E-state index contributed by atoms with van der Waals surface area (Å²) in [4.78, 5) is 82.5. The Balaban J connectivity index is 1.15. The fourth-order valence-electron chi connectivity index (χ4n) is 7.79. The molecule has 3 aliphatic rings. The number of aliphatic hydroxyl groups excluding tert-OH is 2. The summed E-state index contributed by atoms with van der Waals surface area (Å²) in [5, 5.41) is 26.4.